The summed E-state index contributed by atoms with van der Waals surface area (Å²) in [4.78, 5) is 26.7. The van der Waals surface area contributed by atoms with E-state index in [0.717, 1.165) is 54.6 Å². The maximum atomic E-state index is 13.0. The Morgan fingerprint density at radius 2 is 1.53 bits per heavy atom. The van der Waals surface area contributed by atoms with E-state index in [0.29, 0.717) is 35.5 Å². The molecule has 4 aromatic rings. The Morgan fingerprint density at radius 3 is 2.14 bits per heavy atom. The molecule has 0 saturated carbocycles. The van der Waals surface area contributed by atoms with Crippen LogP contribution in [0, 0.1) is 5.92 Å². The normalized spacial score (nSPS) is 15.0. The summed E-state index contributed by atoms with van der Waals surface area (Å²) in [5, 5.41) is 11.4. The van der Waals surface area contributed by atoms with Gasteiger partial charge in [0.2, 0.25) is 5.91 Å². The van der Waals surface area contributed by atoms with E-state index in [1.165, 1.54) is 17.7 Å². The summed E-state index contributed by atoms with van der Waals surface area (Å²) < 4.78 is 44.2. The molecule has 0 aliphatic carbocycles. The standard InChI is InChI=1S/C35H34F3NO4/c1-22(15-18-43-2)33(40)39-16-13-25(14-17-39)23-3-5-26(6-4-23)32-21-29(34(41)42)20-28-19-27(9-12-31(28)32)24-7-10-30(11-8-24)35(36,37)38/h3-12,19-22,25H,13-18H2,1-2H3,(H,41,42). The molecule has 4 aromatic carbocycles. The molecule has 0 spiro atoms. The average molecular weight is 590 g/mol. The average Bonchev–Trinajstić information content (AvgIpc) is 3.02. The second-order valence-corrected chi connectivity index (χ2v) is 11.2. The van der Waals surface area contributed by atoms with Crippen molar-refractivity contribution in [2.24, 2.45) is 5.92 Å². The van der Waals surface area contributed by atoms with Crippen molar-refractivity contribution >= 4 is 22.6 Å². The molecule has 1 fully saturated rings. The molecule has 1 amide bonds. The summed E-state index contributed by atoms with van der Waals surface area (Å²) in [6.45, 7) is 3.95. The highest BCUT2D eigenvalue weighted by Gasteiger charge is 2.30. The summed E-state index contributed by atoms with van der Waals surface area (Å²) in [5.41, 5.74) is 3.55. The van der Waals surface area contributed by atoms with Gasteiger partial charge in [-0.1, -0.05) is 55.5 Å². The largest absolute Gasteiger partial charge is 0.478 e. The van der Waals surface area contributed by atoms with Crippen molar-refractivity contribution in [2.75, 3.05) is 26.8 Å². The fraction of sp³-hybridized carbons (Fsp3) is 0.314. The number of hydrogen-bond acceptors (Lipinski definition) is 3. The summed E-state index contributed by atoms with van der Waals surface area (Å²) in [5.74, 6) is -0.603. The van der Waals surface area contributed by atoms with Crippen molar-refractivity contribution in [1.82, 2.24) is 4.90 Å². The van der Waals surface area contributed by atoms with E-state index in [1.807, 2.05) is 42.2 Å². The minimum atomic E-state index is -4.41. The van der Waals surface area contributed by atoms with E-state index in [2.05, 4.69) is 12.1 Å². The number of amides is 1. The zero-order chi connectivity index (χ0) is 30.7. The molecule has 8 heteroatoms. The first kappa shape index (κ1) is 30.3. The number of nitrogens with zero attached hydrogens (tertiary/aromatic N) is 1. The van der Waals surface area contributed by atoms with Gasteiger partial charge < -0.3 is 14.7 Å². The summed E-state index contributed by atoms with van der Waals surface area (Å²) in [6, 6.07) is 21.9. The maximum absolute atomic E-state index is 13.0. The molecular weight excluding hydrogens is 555 g/mol. The van der Waals surface area contributed by atoms with Crippen molar-refractivity contribution in [2.45, 2.75) is 38.3 Å². The number of carboxylic acid groups (broad SMARTS) is 1. The van der Waals surface area contributed by atoms with Gasteiger partial charge >= 0.3 is 12.1 Å². The third kappa shape index (κ3) is 6.75. The Hall–Kier alpha value is -4.17. The smallest absolute Gasteiger partial charge is 0.416 e. The van der Waals surface area contributed by atoms with Crippen LogP contribution in [0.3, 0.4) is 0 Å². The van der Waals surface area contributed by atoms with Gasteiger partial charge in [0.25, 0.3) is 0 Å². The van der Waals surface area contributed by atoms with Crippen LogP contribution in [0.4, 0.5) is 13.2 Å². The molecule has 5 nitrogen and oxygen atoms in total. The number of hydrogen-bond donors (Lipinski definition) is 1. The quantitative estimate of drug-likeness (QED) is 0.225. The Balaban J connectivity index is 1.37. The van der Waals surface area contributed by atoms with Crippen LogP contribution in [0.15, 0.2) is 78.9 Å². The van der Waals surface area contributed by atoms with Crippen molar-refractivity contribution in [3.8, 4) is 22.3 Å². The Kier molecular flexibility index (Phi) is 8.87. The number of ether oxygens (including phenoxy) is 1. The monoisotopic (exact) mass is 589 g/mol. The number of fused-ring (bicyclic) bond motifs is 1. The van der Waals surface area contributed by atoms with Crippen LogP contribution in [-0.2, 0) is 15.7 Å². The van der Waals surface area contributed by atoms with Gasteiger partial charge in [-0.2, -0.15) is 13.2 Å². The zero-order valence-corrected chi connectivity index (χ0v) is 24.2. The van der Waals surface area contributed by atoms with Crippen molar-refractivity contribution in [1.29, 1.82) is 0 Å². The van der Waals surface area contributed by atoms with Crippen LogP contribution >= 0.6 is 0 Å². The molecule has 1 aliphatic heterocycles. The zero-order valence-electron chi connectivity index (χ0n) is 24.2. The lowest BCUT2D eigenvalue weighted by Gasteiger charge is -2.34. The Bertz CT molecular complexity index is 1610. The number of alkyl halides is 3. The van der Waals surface area contributed by atoms with Crippen LogP contribution in [0.2, 0.25) is 0 Å². The highest BCUT2D eigenvalue weighted by molar-refractivity contribution is 6.04. The lowest BCUT2D eigenvalue weighted by atomic mass is 9.87. The molecule has 0 aromatic heterocycles. The van der Waals surface area contributed by atoms with Crippen LogP contribution in [0.25, 0.3) is 33.0 Å². The van der Waals surface area contributed by atoms with Gasteiger partial charge in [-0.05, 0) is 94.1 Å². The lowest BCUT2D eigenvalue weighted by molar-refractivity contribution is -0.138. The van der Waals surface area contributed by atoms with Crippen molar-refractivity contribution in [3.63, 3.8) is 0 Å². The van der Waals surface area contributed by atoms with E-state index in [-0.39, 0.29) is 17.4 Å². The predicted octanol–water partition coefficient (Wildman–Crippen LogP) is 8.27. The highest BCUT2D eigenvalue weighted by atomic mass is 19.4. The van der Waals surface area contributed by atoms with Gasteiger partial charge in [-0.3, -0.25) is 4.79 Å². The van der Waals surface area contributed by atoms with Gasteiger partial charge in [0.1, 0.15) is 0 Å². The maximum Gasteiger partial charge on any atom is 0.416 e. The Morgan fingerprint density at radius 1 is 0.907 bits per heavy atom. The van der Waals surface area contributed by atoms with E-state index in [1.54, 1.807) is 19.2 Å². The van der Waals surface area contributed by atoms with Crippen molar-refractivity contribution in [3.05, 3.63) is 95.6 Å². The molecule has 1 unspecified atom stereocenters. The first-order valence-corrected chi connectivity index (χ1v) is 14.4. The number of carbonyl (C=O) groups is 2. The lowest BCUT2D eigenvalue weighted by Crippen LogP contribution is -2.41. The number of halogens is 3. The molecule has 1 heterocycles. The molecule has 0 bridgehead atoms. The molecule has 43 heavy (non-hydrogen) atoms. The molecule has 1 saturated heterocycles. The third-order valence-electron chi connectivity index (χ3n) is 8.42. The second-order valence-electron chi connectivity index (χ2n) is 11.2. The number of carboxylic acids is 1. The molecule has 0 radical (unpaired) electrons. The third-order valence-corrected chi connectivity index (χ3v) is 8.42. The number of methoxy groups -OCH3 is 1. The van der Waals surface area contributed by atoms with Crippen LogP contribution in [0.1, 0.15) is 53.6 Å². The number of aromatic carboxylic acids is 1. The van der Waals surface area contributed by atoms with E-state index >= 15 is 0 Å². The SMILES string of the molecule is COCCC(C)C(=O)N1CCC(c2ccc(-c3cc(C(=O)O)cc4cc(-c5ccc(C(F)(F)F)cc5)ccc34)cc2)CC1. The number of benzene rings is 4. The van der Waals surface area contributed by atoms with Gasteiger partial charge in [0, 0.05) is 32.7 Å². The second kappa shape index (κ2) is 12.6. The highest BCUT2D eigenvalue weighted by Crippen LogP contribution is 2.36. The van der Waals surface area contributed by atoms with E-state index < -0.39 is 17.7 Å². The molecule has 1 atom stereocenters. The van der Waals surface area contributed by atoms with Crippen molar-refractivity contribution < 1.29 is 32.6 Å². The minimum Gasteiger partial charge on any atom is -0.478 e. The van der Waals surface area contributed by atoms with Gasteiger partial charge in [-0.25, -0.2) is 4.79 Å². The van der Waals surface area contributed by atoms with Crippen LogP contribution < -0.4 is 0 Å². The number of piperidine rings is 1. The fourth-order valence-corrected chi connectivity index (χ4v) is 5.86. The van der Waals surface area contributed by atoms with Gasteiger partial charge in [0.05, 0.1) is 11.1 Å². The van der Waals surface area contributed by atoms with Crippen LogP contribution in [-0.4, -0.2) is 48.7 Å². The summed E-state index contributed by atoms with van der Waals surface area (Å²) in [7, 11) is 1.64. The number of likely N-dealkylation sites (tertiary alicyclic amines) is 1. The first-order valence-electron chi connectivity index (χ1n) is 14.4. The van der Waals surface area contributed by atoms with E-state index in [9.17, 15) is 27.9 Å². The topological polar surface area (TPSA) is 66.8 Å². The minimum absolute atomic E-state index is 0.0572. The molecule has 1 N–H and O–H groups in total. The number of rotatable bonds is 8. The number of carbonyl (C=O) groups excluding carboxylic acids is 1. The van der Waals surface area contributed by atoms with Gasteiger partial charge in [-0.15, -0.1) is 0 Å². The summed E-state index contributed by atoms with van der Waals surface area (Å²) >= 11 is 0. The molecule has 1 aliphatic rings. The Labute approximate surface area is 248 Å². The van der Waals surface area contributed by atoms with E-state index in [4.69, 9.17) is 4.74 Å². The first-order chi connectivity index (χ1) is 20.5. The molecular formula is C35H34F3NO4. The predicted molar refractivity (Wildman–Crippen MR) is 161 cm³/mol. The molecule has 224 valence electrons. The van der Waals surface area contributed by atoms with Gasteiger partial charge in [0.15, 0.2) is 0 Å². The fourth-order valence-electron chi connectivity index (χ4n) is 5.86. The summed E-state index contributed by atoms with van der Waals surface area (Å²) in [6.07, 6.45) is -1.94. The molecule has 5 rings (SSSR count). The van der Waals surface area contributed by atoms with Crippen LogP contribution in [0.5, 0.6) is 0 Å².